The van der Waals surface area contributed by atoms with Crippen LogP contribution in [0.5, 0.6) is 0 Å². The van der Waals surface area contributed by atoms with Crippen LogP contribution in [-0.2, 0) is 5.41 Å². The number of allylic oxidation sites excluding steroid dienone is 4. The van der Waals surface area contributed by atoms with Gasteiger partial charge in [0.15, 0.2) is 0 Å². The van der Waals surface area contributed by atoms with E-state index in [0.717, 1.165) is 6.42 Å². The Morgan fingerprint density at radius 3 is 2.21 bits per heavy atom. The third-order valence-electron chi connectivity index (χ3n) is 6.81. The highest BCUT2D eigenvalue weighted by Crippen LogP contribution is 2.63. The summed E-state index contributed by atoms with van der Waals surface area (Å²) in [6, 6.07) is 24.9. The zero-order valence-electron chi connectivity index (χ0n) is 16.1. The summed E-state index contributed by atoms with van der Waals surface area (Å²) in [6.45, 7) is 6.35. The van der Waals surface area contributed by atoms with Gasteiger partial charge in [-0.3, -0.25) is 0 Å². The van der Waals surface area contributed by atoms with Crippen molar-refractivity contribution in [3.63, 3.8) is 0 Å². The molecule has 0 aromatic heterocycles. The van der Waals surface area contributed by atoms with Crippen LogP contribution in [0.25, 0.3) is 22.8 Å². The van der Waals surface area contributed by atoms with Gasteiger partial charge in [0.2, 0.25) is 0 Å². The van der Waals surface area contributed by atoms with Gasteiger partial charge in [-0.05, 0) is 68.5 Å². The fourth-order valence-corrected chi connectivity index (χ4v) is 5.69. The number of hydrogen-bond acceptors (Lipinski definition) is 0. The summed E-state index contributed by atoms with van der Waals surface area (Å²) in [7, 11) is 0. The molecule has 0 aliphatic heterocycles. The zero-order valence-corrected chi connectivity index (χ0v) is 16.1. The van der Waals surface area contributed by atoms with Gasteiger partial charge in [-0.15, -0.1) is 0 Å². The first-order chi connectivity index (χ1) is 13.7. The Bertz CT molecular complexity index is 1170. The second-order valence-electron chi connectivity index (χ2n) is 8.28. The Hall–Kier alpha value is -3.12. The normalized spacial score (nSPS) is 20.0. The molecule has 3 aliphatic rings. The first-order valence-electron chi connectivity index (χ1n) is 10.1. The van der Waals surface area contributed by atoms with E-state index in [9.17, 15) is 0 Å². The summed E-state index contributed by atoms with van der Waals surface area (Å²) in [4.78, 5) is 0. The van der Waals surface area contributed by atoms with Crippen LogP contribution >= 0.6 is 0 Å². The van der Waals surface area contributed by atoms with Crippen molar-refractivity contribution in [2.24, 2.45) is 5.92 Å². The molecule has 0 heterocycles. The summed E-state index contributed by atoms with van der Waals surface area (Å²) < 4.78 is 0. The van der Waals surface area contributed by atoms with Gasteiger partial charge in [0.25, 0.3) is 0 Å². The van der Waals surface area contributed by atoms with Gasteiger partial charge in [0, 0.05) is 0 Å². The van der Waals surface area contributed by atoms with Crippen molar-refractivity contribution in [3.05, 3.63) is 119 Å². The molecule has 6 rings (SSSR count). The van der Waals surface area contributed by atoms with E-state index < -0.39 is 0 Å². The third kappa shape index (κ3) is 1.76. The van der Waals surface area contributed by atoms with Gasteiger partial charge in [-0.2, -0.15) is 0 Å². The molecule has 1 atom stereocenters. The Morgan fingerprint density at radius 1 is 0.857 bits per heavy atom. The Kier molecular flexibility index (Phi) is 3.09. The quantitative estimate of drug-likeness (QED) is 0.439. The van der Waals surface area contributed by atoms with Crippen molar-refractivity contribution in [2.75, 3.05) is 0 Å². The fourth-order valence-electron chi connectivity index (χ4n) is 5.69. The molecule has 3 aromatic carbocycles. The molecule has 3 aromatic rings. The first-order valence-corrected chi connectivity index (χ1v) is 10.1. The summed E-state index contributed by atoms with van der Waals surface area (Å²) >= 11 is 0. The standard InChI is InChI=1S/C28H22/c1-3-19-13-14-22-23-16-18(2)12-15-26(23)28(27(22)17-19)24-10-6-4-8-20(24)21-9-5-7-11-25(21)28/h3-15,17-18H,1,16H2,2H3. The van der Waals surface area contributed by atoms with Crippen LogP contribution in [0.15, 0.2) is 91.0 Å². The minimum atomic E-state index is -0.201. The highest BCUT2D eigenvalue weighted by Gasteiger charge is 2.52. The Labute approximate surface area is 166 Å². The lowest BCUT2D eigenvalue weighted by molar-refractivity contribution is 0.725. The SMILES string of the molecule is C=Cc1ccc2c(c1)C1(C3=C2CC(C)C=C3)c2ccccc2-c2ccccc21. The molecular weight excluding hydrogens is 336 g/mol. The van der Waals surface area contributed by atoms with Crippen LogP contribution < -0.4 is 0 Å². The fraction of sp³-hybridized carbons (Fsp3) is 0.143. The number of benzene rings is 3. The molecule has 0 fully saturated rings. The van der Waals surface area contributed by atoms with E-state index in [1.165, 1.54) is 50.1 Å². The zero-order chi connectivity index (χ0) is 18.9. The molecule has 1 unspecified atom stereocenters. The molecule has 0 nitrogen and oxygen atoms in total. The van der Waals surface area contributed by atoms with Gasteiger partial charge in [0.1, 0.15) is 0 Å². The van der Waals surface area contributed by atoms with E-state index in [1.807, 2.05) is 6.08 Å². The lowest BCUT2D eigenvalue weighted by atomic mass is 9.68. The average molecular weight is 358 g/mol. The summed E-state index contributed by atoms with van der Waals surface area (Å²) in [5, 5.41) is 0. The Balaban J connectivity index is 1.81. The molecular formula is C28H22. The van der Waals surface area contributed by atoms with Crippen LogP contribution in [0, 0.1) is 5.92 Å². The number of rotatable bonds is 1. The van der Waals surface area contributed by atoms with E-state index in [2.05, 4.69) is 92.4 Å². The maximum Gasteiger partial charge on any atom is 0.0722 e. The van der Waals surface area contributed by atoms with Crippen LogP contribution in [0.1, 0.15) is 41.2 Å². The van der Waals surface area contributed by atoms with E-state index in [0.29, 0.717) is 5.92 Å². The van der Waals surface area contributed by atoms with Crippen LogP contribution in [0.4, 0.5) is 0 Å². The second-order valence-corrected chi connectivity index (χ2v) is 8.28. The van der Waals surface area contributed by atoms with Crippen molar-refractivity contribution in [2.45, 2.75) is 18.8 Å². The van der Waals surface area contributed by atoms with Crippen LogP contribution in [0.2, 0.25) is 0 Å². The lowest BCUT2D eigenvalue weighted by Crippen LogP contribution is -2.27. The first kappa shape index (κ1) is 15.9. The van der Waals surface area contributed by atoms with Gasteiger partial charge >= 0.3 is 0 Å². The van der Waals surface area contributed by atoms with Gasteiger partial charge < -0.3 is 0 Å². The molecule has 0 saturated carbocycles. The van der Waals surface area contributed by atoms with Crippen molar-refractivity contribution >= 4 is 11.6 Å². The molecule has 0 radical (unpaired) electrons. The number of fused-ring (bicyclic) bond motifs is 9. The highest BCUT2D eigenvalue weighted by molar-refractivity contribution is 5.96. The minimum Gasteiger partial charge on any atom is -0.0985 e. The largest absolute Gasteiger partial charge is 0.0985 e. The molecule has 0 saturated heterocycles. The van der Waals surface area contributed by atoms with Gasteiger partial charge in [-0.1, -0.05) is 92.4 Å². The minimum absolute atomic E-state index is 0.201. The summed E-state index contributed by atoms with van der Waals surface area (Å²) in [5.74, 6) is 0.577. The molecule has 0 N–H and O–H groups in total. The molecule has 134 valence electrons. The van der Waals surface area contributed by atoms with Crippen LogP contribution in [-0.4, -0.2) is 0 Å². The van der Waals surface area contributed by atoms with E-state index in [-0.39, 0.29) is 5.41 Å². The summed E-state index contributed by atoms with van der Waals surface area (Å²) in [5.41, 5.74) is 12.4. The van der Waals surface area contributed by atoms with Crippen LogP contribution in [0.3, 0.4) is 0 Å². The predicted molar refractivity (Wildman–Crippen MR) is 118 cm³/mol. The van der Waals surface area contributed by atoms with Gasteiger partial charge in [-0.25, -0.2) is 0 Å². The maximum absolute atomic E-state index is 4.04. The molecule has 0 heteroatoms. The molecule has 1 spiro atoms. The molecule has 3 aliphatic carbocycles. The third-order valence-corrected chi connectivity index (χ3v) is 6.81. The smallest absolute Gasteiger partial charge is 0.0722 e. The van der Waals surface area contributed by atoms with E-state index >= 15 is 0 Å². The lowest BCUT2D eigenvalue weighted by Gasteiger charge is -2.32. The van der Waals surface area contributed by atoms with Gasteiger partial charge in [0.05, 0.1) is 5.41 Å². The van der Waals surface area contributed by atoms with Crippen molar-refractivity contribution in [1.29, 1.82) is 0 Å². The monoisotopic (exact) mass is 358 g/mol. The van der Waals surface area contributed by atoms with E-state index in [1.54, 1.807) is 0 Å². The number of hydrogen-bond donors (Lipinski definition) is 0. The molecule has 28 heavy (non-hydrogen) atoms. The van der Waals surface area contributed by atoms with Crippen molar-refractivity contribution < 1.29 is 0 Å². The van der Waals surface area contributed by atoms with E-state index in [4.69, 9.17) is 0 Å². The molecule has 0 bridgehead atoms. The topological polar surface area (TPSA) is 0 Å². The van der Waals surface area contributed by atoms with Crippen molar-refractivity contribution in [1.82, 2.24) is 0 Å². The Morgan fingerprint density at radius 2 is 1.54 bits per heavy atom. The maximum atomic E-state index is 4.04. The predicted octanol–water partition coefficient (Wildman–Crippen LogP) is 7.01. The highest BCUT2D eigenvalue weighted by atomic mass is 14.5. The van der Waals surface area contributed by atoms with Crippen molar-refractivity contribution in [3.8, 4) is 11.1 Å². The molecule has 0 amide bonds. The summed E-state index contributed by atoms with van der Waals surface area (Å²) in [6.07, 6.45) is 7.88. The second kappa shape index (κ2) is 5.45. The average Bonchev–Trinajstić information content (AvgIpc) is 3.20.